The molecule has 4 heteroatoms. The molecule has 1 aromatic heterocycles. The summed E-state index contributed by atoms with van der Waals surface area (Å²) in [5.74, 6) is 0.517. The number of rotatable bonds is 6. The molecule has 0 bridgehead atoms. The molecule has 2 amide bonds. The number of urea groups is 1. The minimum Gasteiger partial charge on any atom is -0.331 e. The quantitative estimate of drug-likeness (QED) is 0.676. The highest BCUT2D eigenvalue weighted by Crippen LogP contribution is 2.40. The Balaban J connectivity index is 1.53. The number of hydrogen-bond donors (Lipinski definition) is 2. The maximum absolute atomic E-state index is 12.9. The number of hydrogen-bond acceptors (Lipinski definition) is 2. The van der Waals surface area contributed by atoms with Crippen LogP contribution in [-0.4, -0.2) is 11.0 Å². The van der Waals surface area contributed by atoms with Crippen LogP contribution in [0.2, 0.25) is 0 Å². The van der Waals surface area contributed by atoms with E-state index in [1.165, 1.54) is 0 Å². The Morgan fingerprint density at radius 2 is 1.44 bits per heavy atom. The van der Waals surface area contributed by atoms with Crippen LogP contribution in [0.3, 0.4) is 0 Å². The number of carbonyl (C=O) groups excluding carboxylic acids is 1. The fraction of sp³-hybridized carbons (Fsp3) is 0.217. The van der Waals surface area contributed by atoms with Crippen LogP contribution < -0.4 is 10.6 Å². The molecule has 1 saturated carbocycles. The van der Waals surface area contributed by atoms with Crippen LogP contribution in [0.4, 0.5) is 4.79 Å². The SMILES string of the molecule is O=C(N[C@H](c1ccccc1)c1ccccn1)N[C@@H](c1ccccc1)C1CC1. The van der Waals surface area contributed by atoms with Crippen molar-refractivity contribution in [1.29, 1.82) is 0 Å². The lowest BCUT2D eigenvalue weighted by molar-refractivity contribution is 0.233. The van der Waals surface area contributed by atoms with Gasteiger partial charge in [0.1, 0.15) is 0 Å². The summed E-state index contributed by atoms with van der Waals surface area (Å²) in [5.41, 5.74) is 2.99. The van der Waals surface area contributed by atoms with Gasteiger partial charge in [-0.3, -0.25) is 4.98 Å². The number of nitrogens with zero attached hydrogens (tertiary/aromatic N) is 1. The van der Waals surface area contributed by atoms with Gasteiger partial charge in [0, 0.05) is 6.20 Å². The lowest BCUT2D eigenvalue weighted by Gasteiger charge is -2.23. The molecule has 4 nitrogen and oxygen atoms in total. The molecule has 4 rings (SSSR count). The van der Waals surface area contributed by atoms with Crippen LogP contribution >= 0.6 is 0 Å². The lowest BCUT2D eigenvalue weighted by atomic mass is 10.0. The zero-order chi connectivity index (χ0) is 18.5. The molecule has 2 atom stereocenters. The Morgan fingerprint density at radius 3 is 2.04 bits per heavy atom. The topological polar surface area (TPSA) is 54.0 Å². The first-order chi connectivity index (χ1) is 13.3. The average molecular weight is 357 g/mol. The van der Waals surface area contributed by atoms with Crippen molar-refractivity contribution in [2.45, 2.75) is 24.9 Å². The van der Waals surface area contributed by atoms with E-state index >= 15 is 0 Å². The van der Waals surface area contributed by atoms with Crippen LogP contribution in [0.25, 0.3) is 0 Å². The van der Waals surface area contributed by atoms with Crippen LogP contribution in [0.5, 0.6) is 0 Å². The summed E-state index contributed by atoms with van der Waals surface area (Å²) in [6, 6.07) is 25.5. The monoisotopic (exact) mass is 357 g/mol. The van der Waals surface area contributed by atoms with Gasteiger partial charge in [-0.15, -0.1) is 0 Å². The predicted molar refractivity (Wildman–Crippen MR) is 106 cm³/mol. The largest absolute Gasteiger partial charge is 0.331 e. The summed E-state index contributed by atoms with van der Waals surface area (Å²) in [6.45, 7) is 0. The normalized spacial score (nSPS) is 15.6. The lowest BCUT2D eigenvalue weighted by Crippen LogP contribution is -2.41. The van der Waals surface area contributed by atoms with Crippen molar-refractivity contribution in [1.82, 2.24) is 15.6 Å². The van der Waals surface area contributed by atoms with Crippen LogP contribution in [0.15, 0.2) is 85.1 Å². The van der Waals surface area contributed by atoms with Gasteiger partial charge in [0.05, 0.1) is 17.8 Å². The molecular formula is C23H23N3O. The second-order valence-corrected chi connectivity index (χ2v) is 6.94. The Bertz CT molecular complexity index is 824. The van der Waals surface area contributed by atoms with Gasteiger partial charge in [-0.2, -0.15) is 0 Å². The summed E-state index contributed by atoms with van der Waals surface area (Å²) in [7, 11) is 0. The molecule has 136 valence electrons. The van der Waals surface area contributed by atoms with Crippen molar-refractivity contribution in [2.24, 2.45) is 5.92 Å². The third-order valence-electron chi connectivity index (χ3n) is 4.93. The van der Waals surface area contributed by atoms with Crippen LogP contribution in [0, 0.1) is 5.92 Å². The molecule has 27 heavy (non-hydrogen) atoms. The first-order valence-electron chi connectivity index (χ1n) is 9.39. The highest BCUT2D eigenvalue weighted by Gasteiger charge is 2.33. The number of nitrogens with one attached hydrogen (secondary N) is 2. The van der Waals surface area contributed by atoms with Gasteiger partial charge in [0.2, 0.25) is 0 Å². The Morgan fingerprint density at radius 1 is 0.815 bits per heavy atom. The van der Waals surface area contributed by atoms with Gasteiger partial charge in [0.25, 0.3) is 0 Å². The van der Waals surface area contributed by atoms with E-state index < -0.39 is 0 Å². The first-order valence-corrected chi connectivity index (χ1v) is 9.39. The number of benzene rings is 2. The Kier molecular flexibility index (Phi) is 5.15. The van der Waals surface area contributed by atoms with E-state index in [2.05, 4.69) is 27.8 Å². The summed E-state index contributed by atoms with van der Waals surface area (Å²) in [4.78, 5) is 17.3. The molecule has 3 aromatic rings. The first kappa shape index (κ1) is 17.3. The van der Waals surface area contributed by atoms with E-state index in [1.807, 2.05) is 66.7 Å². The van der Waals surface area contributed by atoms with E-state index in [0.29, 0.717) is 5.92 Å². The molecule has 0 saturated heterocycles. The second kappa shape index (κ2) is 8.04. The van der Waals surface area contributed by atoms with Crippen molar-refractivity contribution in [3.63, 3.8) is 0 Å². The molecular weight excluding hydrogens is 334 g/mol. The van der Waals surface area contributed by atoms with Crippen molar-refractivity contribution < 1.29 is 4.79 Å². The standard InChI is InChI=1S/C23H23N3O/c27-23(25-21(19-14-15-19)17-9-3-1-4-10-17)26-22(18-11-5-2-6-12-18)20-13-7-8-16-24-20/h1-13,16,19,21-22H,14-15H2,(H2,25,26,27)/t21-,22+/m0/s1. The summed E-state index contributed by atoms with van der Waals surface area (Å²) in [6.07, 6.45) is 4.06. The van der Waals surface area contributed by atoms with Crippen molar-refractivity contribution >= 4 is 6.03 Å². The highest BCUT2D eigenvalue weighted by atomic mass is 16.2. The van der Waals surface area contributed by atoms with E-state index in [9.17, 15) is 4.79 Å². The smallest absolute Gasteiger partial charge is 0.316 e. The fourth-order valence-electron chi connectivity index (χ4n) is 3.40. The van der Waals surface area contributed by atoms with Crippen molar-refractivity contribution in [2.75, 3.05) is 0 Å². The van der Waals surface area contributed by atoms with Gasteiger partial charge >= 0.3 is 6.03 Å². The number of pyridine rings is 1. The minimum absolute atomic E-state index is 0.0476. The van der Waals surface area contributed by atoms with Crippen molar-refractivity contribution in [3.05, 3.63) is 102 Å². The summed E-state index contributed by atoms with van der Waals surface area (Å²) < 4.78 is 0. The van der Waals surface area contributed by atoms with Gasteiger partial charge in [-0.05, 0) is 42.0 Å². The zero-order valence-corrected chi connectivity index (χ0v) is 15.1. The number of aromatic nitrogens is 1. The van der Waals surface area contributed by atoms with E-state index in [0.717, 1.165) is 29.7 Å². The summed E-state index contributed by atoms with van der Waals surface area (Å²) in [5, 5.41) is 6.31. The van der Waals surface area contributed by atoms with E-state index in [-0.39, 0.29) is 18.1 Å². The zero-order valence-electron chi connectivity index (χ0n) is 15.1. The van der Waals surface area contributed by atoms with Crippen LogP contribution in [-0.2, 0) is 0 Å². The number of carbonyl (C=O) groups is 1. The van der Waals surface area contributed by atoms with E-state index in [4.69, 9.17) is 0 Å². The molecule has 2 aromatic carbocycles. The molecule has 1 heterocycles. The molecule has 0 radical (unpaired) electrons. The predicted octanol–water partition coefficient (Wildman–Crippen LogP) is 4.62. The minimum atomic E-state index is -0.289. The van der Waals surface area contributed by atoms with Gasteiger partial charge in [-0.1, -0.05) is 66.7 Å². The molecule has 2 N–H and O–H groups in total. The Labute approximate surface area is 159 Å². The molecule has 1 fully saturated rings. The molecule has 1 aliphatic rings. The third kappa shape index (κ3) is 4.34. The van der Waals surface area contributed by atoms with Gasteiger partial charge < -0.3 is 10.6 Å². The maximum atomic E-state index is 12.9. The van der Waals surface area contributed by atoms with Gasteiger partial charge in [-0.25, -0.2) is 4.79 Å². The fourth-order valence-corrected chi connectivity index (χ4v) is 3.40. The van der Waals surface area contributed by atoms with Crippen molar-refractivity contribution in [3.8, 4) is 0 Å². The van der Waals surface area contributed by atoms with Gasteiger partial charge in [0.15, 0.2) is 0 Å². The van der Waals surface area contributed by atoms with E-state index in [1.54, 1.807) is 6.20 Å². The Hall–Kier alpha value is -3.14. The molecule has 0 unspecified atom stereocenters. The molecule has 0 aliphatic heterocycles. The highest BCUT2D eigenvalue weighted by molar-refractivity contribution is 5.75. The number of amides is 2. The maximum Gasteiger partial charge on any atom is 0.316 e. The van der Waals surface area contributed by atoms with Crippen LogP contribution in [0.1, 0.15) is 41.7 Å². The average Bonchev–Trinajstić information content (AvgIpc) is 3.57. The third-order valence-corrected chi connectivity index (χ3v) is 4.93. The summed E-state index contributed by atoms with van der Waals surface area (Å²) >= 11 is 0. The molecule has 0 spiro atoms. The molecule has 1 aliphatic carbocycles. The second-order valence-electron chi connectivity index (χ2n) is 6.94.